The maximum absolute atomic E-state index is 7.47. The van der Waals surface area contributed by atoms with Crippen LogP contribution in [0.25, 0.3) is 22.4 Å². The zero-order valence-electron chi connectivity index (χ0n) is 19.5. The standard InChI is InChI=1S/C20H27N5O2Si/c1-26-20-17(18(14-5-6-14)22-12-23-20)19-21-11-16-15(24-19)7-8-25(16)13-27-9-10-28(2,3)4/h7-8,11-12,14H,5-6,9-10,13H2,1-4H3/i1D3. The summed E-state index contributed by atoms with van der Waals surface area (Å²) >= 11 is 0. The van der Waals surface area contributed by atoms with Crippen molar-refractivity contribution in [1.82, 2.24) is 24.5 Å². The van der Waals surface area contributed by atoms with Gasteiger partial charge in [-0.3, -0.25) is 0 Å². The molecule has 1 fully saturated rings. The van der Waals surface area contributed by atoms with Gasteiger partial charge in [0.15, 0.2) is 5.82 Å². The Hall–Kier alpha value is -2.32. The molecule has 8 heteroatoms. The number of methoxy groups -OCH3 is 1. The second-order valence-electron chi connectivity index (χ2n) is 8.41. The Morgan fingerprint density at radius 2 is 2.11 bits per heavy atom. The Bertz CT molecular complexity index is 1080. The Labute approximate surface area is 170 Å². The van der Waals surface area contributed by atoms with E-state index in [1.54, 1.807) is 6.20 Å². The molecule has 1 saturated carbocycles. The highest BCUT2D eigenvalue weighted by molar-refractivity contribution is 6.76. The smallest absolute Gasteiger partial charge is 0.227 e. The van der Waals surface area contributed by atoms with Crippen LogP contribution in [0, 0.1) is 0 Å². The van der Waals surface area contributed by atoms with Crippen LogP contribution in [0.2, 0.25) is 25.7 Å². The highest BCUT2D eigenvalue weighted by Crippen LogP contribution is 2.44. The molecule has 0 saturated heterocycles. The monoisotopic (exact) mass is 400 g/mol. The van der Waals surface area contributed by atoms with Gasteiger partial charge in [-0.25, -0.2) is 19.9 Å². The fourth-order valence-electron chi connectivity index (χ4n) is 3.08. The summed E-state index contributed by atoms with van der Waals surface area (Å²) in [6.45, 7) is 8.14. The van der Waals surface area contributed by atoms with Crippen molar-refractivity contribution < 1.29 is 13.6 Å². The van der Waals surface area contributed by atoms with Crippen LogP contribution in [0.1, 0.15) is 28.6 Å². The minimum atomic E-state index is -2.62. The molecule has 0 unspecified atom stereocenters. The SMILES string of the molecule is [2H]C([2H])([2H])Oc1ncnc(C2CC2)c1-c1ncc2c(ccn2COCC[Si](C)(C)C)n1. The molecule has 3 aromatic rings. The average molecular weight is 401 g/mol. The molecule has 0 N–H and O–H groups in total. The van der Waals surface area contributed by atoms with Crippen molar-refractivity contribution >= 4 is 19.1 Å². The summed E-state index contributed by atoms with van der Waals surface area (Å²) in [5.74, 6) is 0.609. The molecule has 0 spiro atoms. The summed E-state index contributed by atoms with van der Waals surface area (Å²) in [6.07, 6.45) is 6.96. The van der Waals surface area contributed by atoms with Crippen molar-refractivity contribution in [3.05, 3.63) is 30.5 Å². The van der Waals surface area contributed by atoms with E-state index in [2.05, 4.69) is 39.6 Å². The molecule has 7 nitrogen and oxygen atoms in total. The zero-order chi connectivity index (χ0) is 22.2. The third kappa shape index (κ3) is 4.07. The molecule has 148 valence electrons. The van der Waals surface area contributed by atoms with Crippen molar-refractivity contribution in [3.63, 3.8) is 0 Å². The van der Waals surface area contributed by atoms with Crippen LogP contribution >= 0.6 is 0 Å². The Morgan fingerprint density at radius 3 is 2.86 bits per heavy atom. The van der Waals surface area contributed by atoms with E-state index >= 15 is 0 Å². The van der Waals surface area contributed by atoms with Gasteiger partial charge in [-0.2, -0.15) is 0 Å². The van der Waals surface area contributed by atoms with Gasteiger partial charge >= 0.3 is 0 Å². The first kappa shape index (κ1) is 15.6. The lowest BCUT2D eigenvalue weighted by molar-refractivity contribution is 0.0902. The van der Waals surface area contributed by atoms with E-state index in [1.165, 1.54) is 6.33 Å². The topological polar surface area (TPSA) is 75.0 Å². The summed E-state index contributed by atoms with van der Waals surface area (Å²) in [4.78, 5) is 17.6. The first-order chi connectivity index (χ1) is 14.6. The van der Waals surface area contributed by atoms with Gasteiger partial charge in [-0.05, 0) is 25.0 Å². The van der Waals surface area contributed by atoms with Gasteiger partial charge in [-0.15, -0.1) is 0 Å². The predicted octanol–water partition coefficient (Wildman–Crippen LogP) is 4.09. The Morgan fingerprint density at radius 1 is 1.25 bits per heavy atom. The molecule has 1 aliphatic rings. The number of fused-ring (bicyclic) bond motifs is 1. The van der Waals surface area contributed by atoms with Gasteiger partial charge in [0.1, 0.15) is 18.6 Å². The van der Waals surface area contributed by atoms with Gasteiger partial charge in [0.2, 0.25) is 5.88 Å². The predicted molar refractivity (Wildman–Crippen MR) is 111 cm³/mol. The third-order valence-corrected chi connectivity index (χ3v) is 6.58. The minimum Gasteiger partial charge on any atom is -0.480 e. The van der Waals surface area contributed by atoms with Gasteiger partial charge in [-0.1, -0.05) is 19.6 Å². The van der Waals surface area contributed by atoms with Crippen molar-refractivity contribution in [1.29, 1.82) is 0 Å². The molecular formula is C20H27N5O2Si. The second kappa shape index (κ2) is 7.60. The molecule has 0 aromatic carbocycles. The van der Waals surface area contributed by atoms with Crippen LogP contribution in [0.3, 0.4) is 0 Å². The number of nitrogens with zero attached hydrogens (tertiary/aromatic N) is 5. The number of rotatable bonds is 8. The number of aromatic nitrogens is 5. The van der Waals surface area contributed by atoms with Gasteiger partial charge in [0.25, 0.3) is 0 Å². The molecule has 0 radical (unpaired) electrons. The number of ether oxygens (including phenoxy) is 2. The van der Waals surface area contributed by atoms with E-state index in [0.717, 1.165) is 42.2 Å². The van der Waals surface area contributed by atoms with Gasteiger partial charge in [0.05, 0.1) is 34.1 Å². The van der Waals surface area contributed by atoms with Crippen molar-refractivity contribution in [3.8, 4) is 17.3 Å². The second-order valence-corrected chi connectivity index (χ2v) is 14.0. The van der Waals surface area contributed by atoms with Crippen LogP contribution < -0.4 is 4.74 Å². The van der Waals surface area contributed by atoms with Crippen LogP contribution in [0.15, 0.2) is 24.8 Å². The quantitative estimate of drug-likeness (QED) is 0.419. The molecule has 4 rings (SSSR count). The van der Waals surface area contributed by atoms with E-state index in [0.29, 0.717) is 18.1 Å². The summed E-state index contributed by atoms with van der Waals surface area (Å²) < 4.78 is 35.4. The minimum absolute atomic E-state index is 0.00892. The van der Waals surface area contributed by atoms with Crippen LogP contribution in [-0.4, -0.2) is 46.2 Å². The van der Waals surface area contributed by atoms with Crippen LogP contribution in [-0.2, 0) is 11.5 Å². The fourth-order valence-corrected chi connectivity index (χ4v) is 3.84. The lowest BCUT2D eigenvalue weighted by Crippen LogP contribution is -2.21. The lowest BCUT2D eigenvalue weighted by atomic mass is 10.1. The van der Waals surface area contributed by atoms with Crippen LogP contribution in [0.4, 0.5) is 0 Å². The molecule has 3 heterocycles. The van der Waals surface area contributed by atoms with Crippen molar-refractivity contribution in [2.24, 2.45) is 0 Å². The van der Waals surface area contributed by atoms with Crippen molar-refractivity contribution in [2.45, 2.75) is 51.2 Å². The van der Waals surface area contributed by atoms with E-state index < -0.39 is 15.1 Å². The van der Waals surface area contributed by atoms with E-state index in [9.17, 15) is 0 Å². The third-order valence-electron chi connectivity index (χ3n) is 4.87. The van der Waals surface area contributed by atoms with E-state index in [-0.39, 0.29) is 11.8 Å². The highest BCUT2D eigenvalue weighted by Gasteiger charge is 2.31. The number of hydrogen-bond acceptors (Lipinski definition) is 6. The summed E-state index contributed by atoms with van der Waals surface area (Å²) in [7, 11) is -3.75. The van der Waals surface area contributed by atoms with Crippen molar-refractivity contribution in [2.75, 3.05) is 13.6 Å². The lowest BCUT2D eigenvalue weighted by Gasteiger charge is -2.15. The maximum Gasteiger partial charge on any atom is 0.227 e. The van der Waals surface area contributed by atoms with E-state index in [1.807, 2.05) is 16.8 Å². The van der Waals surface area contributed by atoms with Crippen LogP contribution in [0.5, 0.6) is 5.88 Å². The molecule has 0 bridgehead atoms. The summed E-state index contributed by atoms with van der Waals surface area (Å²) in [5, 5.41) is 0. The Balaban J connectivity index is 1.62. The summed E-state index contributed by atoms with van der Waals surface area (Å²) in [6, 6.07) is 3.00. The Kier molecular flexibility index (Phi) is 4.23. The van der Waals surface area contributed by atoms with E-state index in [4.69, 9.17) is 13.6 Å². The average Bonchev–Trinajstić information content (AvgIpc) is 3.44. The molecule has 1 aliphatic carbocycles. The fraction of sp³-hybridized carbons (Fsp3) is 0.500. The molecule has 0 atom stereocenters. The highest BCUT2D eigenvalue weighted by atomic mass is 28.3. The zero-order valence-corrected chi connectivity index (χ0v) is 17.5. The maximum atomic E-state index is 7.47. The van der Waals surface area contributed by atoms with Gasteiger partial charge < -0.3 is 14.0 Å². The molecule has 28 heavy (non-hydrogen) atoms. The molecule has 0 aliphatic heterocycles. The summed E-state index contributed by atoms with van der Waals surface area (Å²) in [5.41, 5.74) is 2.79. The normalized spacial score (nSPS) is 16.6. The molecular weight excluding hydrogens is 370 g/mol. The first-order valence-corrected chi connectivity index (χ1v) is 13.3. The molecule has 3 aromatic heterocycles. The molecule has 0 amide bonds. The number of hydrogen-bond donors (Lipinski definition) is 0. The largest absolute Gasteiger partial charge is 0.480 e. The van der Waals surface area contributed by atoms with Gasteiger partial charge in [0, 0.05) is 26.8 Å². The first-order valence-electron chi connectivity index (χ1n) is 11.0.